The minimum absolute atomic E-state index is 0.307. The molecule has 0 fully saturated rings. The highest BCUT2D eigenvalue weighted by Crippen LogP contribution is 2.35. The zero-order chi connectivity index (χ0) is 10.7. The molecular formula is C14H17N. The lowest BCUT2D eigenvalue weighted by Crippen LogP contribution is -2.13. The molecule has 1 heteroatoms. The highest BCUT2D eigenvalue weighted by molar-refractivity contribution is 5.73. The summed E-state index contributed by atoms with van der Waals surface area (Å²) in [6.07, 6.45) is 11.0. The van der Waals surface area contributed by atoms with Crippen LogP contribution in [0.4, 0.5) is 0 Å². The number of pyridine rings is 1. The van der Waals surface area contributed by atoms with Crippen LogP contribution in [-0.2, 0) is 0 Å². The van der Waals surface area contributed by atoms with Crippen LogP contribution >= 0.6 is 0 Å². The second-order valence-electron chi connectivity index (χ2n) is 4.43. The molecule has 0 spiro atoms. The van der Waals surface area contributed by atoms with E-state index in [-0.39, 0.29) is 0 Å². The maximum atomic E-state index is 4.38. The van der Waals surface area contributed by atoms with Crippen LogP contribution in [0.2, 0.25) is 0 Å². The van der Waals surface area contributed by atoms with Gasteiger partial charge in [0.2, 0.25) is 0 Å². The van der Waals surface area contributed by atoms with Crippen molar-refractivity contribution in [2.75, 3.05) is 0 Å². The first kappa shape index (κ1) is 10.2. The molecule has 1 aliphatic carbocycles. The summed E-state index contributed by atoms with van der Waals surface area (Å²) < 4.78 is 0. The van der Waals surface area contributed by atoms with E-state index in [0.29, 0.717) is 5.41 Å². The standard InChI is InChI=1S/C14H17N/c1-3-14(2)9-6-7-12(11-14)13-8-4-5-10-15-13/h4-8,10-11H,3,9H2,1-2H3. The molecule has 2 rings (SSSR count). The predicted octanol–water partition coefficient (Wildman–Crippen LogP) is 3.84. The lowest BCUT2D eigenvalue weighted by Gasteiger charge is -2.26. The van der Waals surface area contributed by atoms with Gasteiger partial charge in [-0.25, -0.2) is 0 Å². The van der Waals surface area contributed by atoms with Gasteiger partial charge in [-0.1, -0.05) is 38.1 Å². The Hall–Kier alpha value is -1.37. The van der Waals surface area contributed by atoms with Crippen LogP contribution in [0.1, 0.15) is 32.4 Å². The van der Waals surface area contributed by atoms with Gasteiger partial charge in [-0.2, -0.15) is 0 Å². The smallest absolute Gasteiger partial charge is 0.0698 e. The molecule has 0 aliphatic heterocycles. The van der Waals surface area contributed by atoms with E-state index in [2.05, 4.69) is 43.1 Å². The van der Waals surface area contributed by atoms with Crippen LogP contribution in [0.25, 0.3) is 5.57 Å². The summed E-state index contributed by atoms with van der Waals surface area (Å²) >= 11 is 0. The molecule has 0 aromatic carbocycles. The average Bonchev–Trinajstić information content (AvgIpc) is 2.30. The van der Waals surface area contributed by atoms with Crippen molar-refractivity contribution >= 4 is 5.57 Å². The van der Waals surface area contributed by atoms with E-state index in [1.165, 1.54) is 12.0 Å². The monoisotopic (exact) mass is 199 g/mol. The van der Waals surface area contributed by atoms with Crippen LogP contribution in [0, 0.1) is 5.41 Å². The third-order valence-electron chi connectivity index (χ3n) is 3.15. The van der Waals surface area contributed by atoms with Crippen molar-refractivity contribution in [3.05, 3.63) is 48.3 Å². The summed E-state index contributed by atoms with van der Waals surface area (Å²) in [5.74, 6) is 0. The van der Waals surface area contributed by atoms with Gasteiger partial charge >= 0.3 is 0 Å². The molecule has 1 nitrogen and oxygen atoms in total. The van der Waals surface area contributed by atoms with E-state index in [4.69, 9.17) is 0 Å². The maximum absolute atomic E-state index is 4.38. The Balaban J connectivity index is 2.34. The first-order valence-corrected chi connectivity index (χ1v) is 5.54. The number of rotatable bonds is 2. The van der Waals surface area contributed by atoms with E-state index in [9.17, 15) is 0 Å². The molecule has 1 aromatic heterocycles. The maximum Gasteiger partial charge on any atom is 0.0698 e. The molecule has 0 amide bonds. The summed E-state index contributed by atoms with van der Waals surface area (Å²) in [5, 5.41) is 0. The second-order valence-corrected chi connectivity index (χ2v) is 4.43. The minimum Gasteiger partial charge on any atom is -0.256 e. The zero-order valence-electron chi connectivity index (χ0n) is 9.40. The summed E-state index contributed by atoms with van der Waals surface area (Å²) in [6, 6.07) is 6.06. The fourth-order valence-corrected chi connectivity index (χ4v) is 1.88. The molecular weight excluding hydrogens is 182 g/mol. The normalized spacial score (nSPS) is 25.1. The van der Waals surface area contributed by atoms with E-state index >= 15 is 0 Å². The summed E-state index contributed by atoms with van der Waals surface area (Å²) in [5.41, 5.74) is 2.64. The highest BCUT2D eigenvalue weighted by atomic mass is 14.7. The molecule has 0 radical (unpaired) electrons. The number of nitrogens with zero attached hydrogens (tertiary/aromatic N) is 1. The fraction of sp³-hybridized carbons (Fsp3) is 0.357. The van der Waals surface area contributed by atoms with Crippen LogP contribution in [-0.4, -0.2) is 4.98 Å². The molecule has 0 bridgehead atoms. The van der Waals surface area contributed by atoms with Gasteiger partial charge in [-0.05, 0) is 36.0 Å². The molecule has 0 saturated heterocycles. The third kappa shape index (κ3) is 2.17. The topological polar surface area (TPSA) is 12.9 Å². The third-order valence-corrected chi connectivity index (χ3v) is 3.15. The zero-order valence-corrected chi connectivity index (χ0v) is 9.40. The van der Waals surface area contributed by atoms with Gasteiger partial charge in [0.25, 0.3) is 0 Å². The molecule has 0 saturated carbocycles. The number of hydrogen-bond acceptors (Lipinski definition) is 1. The predicted molar refractivity (Wildman–Crippen MR) is 64.4 cm³/mol. The Bertz CT molecular complexity index is 389. The van der Waals surface area contributed by atoms with Gasteiger partial charge in [0, 0.05) is 6.20 Å². The number of allylic oxidation sites excluding steroid dienone is 4. The lowest BCUT2D eigenvalue weighted by molar-refractivity contribution is 0.415. The molecule has 78 valence electrons. The van der Waals surface area contributed by atoms with E-state index < -0.39 is 0 Å². The number of aromatic nitrogens is 1. The Morgan fingerprint density at radius 2 is 2.27 bits per heavy atom. The van der Waals surface area contributed by atoms with Crippen molar-refractivity contribution in [2.24, 2.45) is 5.41 Å². The summed E-state index contributed by atoms with van der Waals surface area (Å²) in [6.45, 7) is 4.55. The number of hydrogen-bond donors (Lipinski definition) is 0. The van der Waals surface area contributed by atoms with Crippen molar-refractivity contribution in [2.45, 2.75) is 26.7 Å². The molecule has 1 unspecified atom stereocenters. The Labute approximate surface area is 91.6 Å². The lowest BCUT2D eigenvalue weighted by atomic mass is 9.79. The van der Waals surface area contributed by atoms with Gasteiger partial charge < -0.3 is 0 Å². The van der Waals surface area contributed by atoms with Gasteiger partial charge in [0.1, 0.15) is 0 Å². The van der Waals surface area contributed by atoms with Crippen LogP contribution in [0.5, 0.6) is 0 Å². The van der Waals surface area contributed by atoms with Gasteiger partial charge in [0.15, 0.2) is 0 Å². The average molecular weight is 199 g/mol. The van der Waals surface area contributed by atoms with E-state index in [1.807, 2.05) is 18.3 Å². The summed E-state index contributed by atoms with van der Waals surface area (Å²) in [7, 11) is 0. The van der Waals surface area contributed by atoms with Crippen molar-refractivity contribution in [3.8, 4) is 0 Å². The van der Waals surface area contributed by atoms with Crippen molar-refractivity contribution in [3.63, 3.8) is 0 Å². The Morgan fingerprint density at radius 1 is 1.40 bits per heavy atom. The fourth-order valence-electron chi connectivity index (χ4n) is 1.88. The van der Waals surface area contributed by atoms with Gasteiger partial charge in [0.05, 0.1) is 5.69 Å². The molecule has 1 heterocycles. The van der Waals surface area contributed by atoms with E-state index in [0.717, 1.165) is 12.1 Å². The first-order chi connectivity index (χ1) is 7.23. The molecule has 15 heavy (non-hydrogen) atoms. The SMILES string of the molecule is CCC1(C)C=C(c2ccccn2)C=CC1. The quantitative estimate of drug-likeness (QED) is 0.705. The minimum atomic E-state index is 0.307. The largest absolute Gasteiger partial charge is 0.256 e. The van der Waals surface area contributed by atoms with Gasteiger partial charge in [-0.15, -0.1) is 0 Å². The van der Waals surface area contributed by atoms with Crippen LogP contribution in [0.3, 0.4) is 0 Å². The van der Waals surface area contributed by atoms with E-state index in [1.54, 1.807) is 0 Å². The molecule has 1 aliphatic rings. The first-order valence-electron chi connectivity index (χ1n) is 5.54. The molecule has 0 N–H and O–H groups in total. The molecule has 1 atom stereocenters. The Morgan fingerprint density at radius 3 is 2.93 bits per heavy atom. The molecule has 1 aromatic rings. The Kier molecular flexibility index (Phi) is 2.72. The van der Waals surface area contributed by atoms with Crippen molar-refractivity contribution in [1.29, 1.82) is 0 Å². The van der Waals surface area contributed by atoms with Crippen LogP contribution in [0.15, 0.2) is 42.6 Å². The summed E-state index contributed by atoms with van der Waals surface area (Å²) in [4.78, 5) is 4.38. The highest BCUT2D eigenvalue weighted by Gasteiger charge is 2.21. The van der Waals surface area contributed by atoms with Crippen molar-refractivity contribution in [1.82, 2.24) is 4.98 Å². The van der Waals surface area contributed by atoms with Gasteiger partial charge in [-0.3, -0.25) is 4.98 Å². The van der Waals surface area contributed by atoms with Crippen molar-refractivity contribution < 1.29 is 0 Å². The second kappa shape index (κ2) is 4.01. The van der Waals surface area contributed by atoms with Crippen LogP contribution < -0.4 is 0 Å².